The minimum atomic E-state index is -3.51. The van der Waals surface area contributed by atoms with Crippen LogP contribution in [0.15, 0.2) is 27.8 Å². The number of hydrogen-bond acceptors (Lipinski definition) is 4. The van der Waals surface area contributed by atoms with Crippen LogP contribution >= 0.6 is 28.3 Å². The number of aromatic nitrogens is 1. The Hall–Kier alpha value is -0.210. The average Bonchev–Trinajstić information content (AvgIpc) is 2.24. The Kier molecular flexibility index (Phi) is 5.13. The SMILES string of the molecule is Cl.NC1(CNS(=O)(=O)c2cncc(Br)c2)CCC1. The predicted molar refractivity (Wildman–Crippen MR) is 75.1 cm³/mol. The molecule has 0 spiro atoms. The summed E-state index contributed by atoms with van der Waals surface area (Å²) >= 11 is 3.19. The van der Waals surface area contributed by atoms with Gasteiger partial charge >= 0.3 is 0 Å². The molecule has 1 heterocycles. The molecule has 0 aliphatic heterocycles. The van der Waals surface area contributed by atoms with E-state index in [0.717, 1.165) is 19.3 Å². The van der Waals surface area contributed by atoms with E-state index >= 15 is 0 Å². The number of nitrogens with one attached hydrogen (secondary N) is 1. The lowest BCUT2D eigenvalue weighted by Gasteiger charge is -2.37. The van der Waals surface area contributed by atoms with Crippen molar-refractivity contribution in [3.8, 4) is 0 Å². The maximum atomic E-state index is 11.9. The number of hydrogen-bond donors (Lipinski definition) is 2. The van der Waals surface area contributed by atoms with Crippen molar-refractivity contribution in [1.29, 1.82) is 0 Å². The van der Waals surface area contributed by atoms with Crippen LogP contribution in [-0.4, -0.2) is 25.5 Å². The van der Waals surface area contributed by atoms with Crippen molar-refractivity contribution in [1.82, 2.24) is 9.71 Å². The second-order valence-corrected chi connectivity index (χ2v) is 7.06. The first-order valence-corrected chi connectivity index (χ1v) is 7.58. The quantitative estimate of drug-likeness (QED) is 0.854. The fourth-order valence-corrected chi connectivity index (χ4v) is 3.31. The van der Waals surface area contributed by atoms with Gasteiger partial charge in [0.1, 0.15) is 4.90 Å². The van der Waals surface area contributed by atoms with Crippen molar-refractivity contribution in [2.45, 2.75) is 29.7 Å². The fraction of sp³-hybridized carbons (Fsp3) is 0.500. The molecular weight excluding hydrogens is 342 g/mol. The lowest BCUT2D eigenvalue weighted by Crippen LogP contribution is -2.54. The second-order valence-electron chi connectivity index (χ2n) is 4.38. The Morgan fingerprint density at radius 3 is 2.61 bits per heavy atom. The van der Waals surface area contributed by atoms with Crippen LogP contribution < -0.4 is 10.5 Å². The number of rotatable bonds is 4. The van der Waals surface area contributed by atoms with E-state index in [9.17, 15) is 8.42 Å². The van der Waals surface area contributed by atoms with Gasteiger partial charge in [-0.1, -0.05) is 0 Å². The number of halogens is 2. The summed E-state index contributed by atoms with van der Waals surface area (Å²) in [6, 6.07) is 1.51. The molecule has 0 aromatic carbocycles. The largest absolute Gasteiger partial charge is 0.324 e. The topological polar surface area (TPSA) is 85.1 Å². The van der Waals surface area contributed by atoms with Crippen LogP contribution in [0.5, 0.6) is 0 Å². The van der Waals surface area contributed by atoms with Gasteiger partial charge in [-0.2, -0.15) is 0 Å². The third-order valence-corrected chi connectivity index (χ3v) is 4.76. The van der Waals surface area contributed by atoms with Crippen molar-refractivity contribution in [3.05, 3.63) is 22.9 Å². The van der Waals surface area contributed by atoms with Gasteiger partial charge in [-0.05, 0) is 41.3 Å². The number of pyridine rings is 1. The van der Waals surface area contributed by atoms with Crippen LogP contribution in [0, 0.1) is 0 Å². The highest BCUT2D eigenvalue weighted by Crippen LogP contribution is 2.28. The molecule has 1 fully saturated rings. The van der Waals surface area contributed by atoms with E-state index in [4.69, 9.17) is 5.73 Å². The van der Waals surface area contributed by atoms with Crippen molar-refractivity contribution >= 4 is 38.4 Å². The summed E-state index contributed by atoms with van der Waals surface area (Å²) in [5.74, 6) is 0. The minimum absolute atomic E-state index is 0. The smallest absolute Gasteiger partial charge is 0.242 e. The summed E-state index contributed by atoms with van der Waals surface area (Å²) in [6.45, 7) is 0.280. The van der Waals surface area contributed by atoms with Gasteiger partial charge in [0, 0.05) is 29.0 Å². The molecule has 1 aromatic heterocycles. The molecule has 3 N–H and O–H groups in total. The molecule has 2 rings (SSSR count). The molecule has 1 aromatic rings. The van der Waals surface area contributed by atoms with Crippen LogP contribution in [0.4, 0.5) is 0 Å². The van der Waals surface area contributed by atoms with Crippen LogP contribution in [0.1, 0.15) is 19.3 Å². The first-order chi connectivity index (χ1) is 7.91. The van der Waals surface area contributed by atoms with E-state index < -0.39 is 10.0 Å². The highest BCUT2D eigenvalue weighted by Gasteiger charge is 2.33. The molecule has 0 bridgehead atoms. The van der Waals surface area contributed by atoms with E-state index in [2.05, 4.69) is 25.6 Å². The van der Waals surface area contributed by atoms with Crippen molar-refractivity contribution < 1.29 is 8.42 Å². The molecule has 0 unspecified atom stereocenters. The third-order valence-electron chi connectivity index (χ3n) is 2.95. The first-order valence-electron chi connectivity index (χ1n) is 5.30. The summed E-state index contributed by atoms with van der Waals surface area (Å²) < 4.78 is 27.0. The zero-order valence-corrected chi connectivity index (χ0v) is 12.8. The number of sulfonamides is 1. The summed E-state index contributed by atoms with van der Waals surface area (Å²) in [5.41, 5.74) is 5.60. The highest BCUT2D eigenvalue weighted by molar-refractivity contribution is 9.10. The Morgan fingerprint density at radius 2 is 2.11 bits per heavy atom. The minimum Gasteiger partial charge on any atom is -0.324 e. The van der Waals surface area contributed by atoms with E-state index in [1.54, 1.807) is 0 Å². The average molecular weight is 357 g/mol. The maximum Gasteiger partial charge on any atom is 0.242 e. The van der Waals surface area contributed by atoms with E-state index in [-0.39, 0.29) is 29.4 Å². The summed E-state index contributed by atoms with van der Waals surface area (Å²) in [4.78, 5) is 3.98. The molecule has 1 aliphatic carbocycles. The molecule has 0 amide bonds. The Labute approximate surface area is 121 Å². The summed E-state index contributed by atoms with van der Waals surface area (Å²) in [6.07, 6.45) is 5.65. The standard InChI is InChI=1S/C10H14BrN3O2S.ClH/c11-8-4-9(6-13-5-8)17(15,16)14-7-10(12)2-1-3-10;/h4-6,14H,1-3,7,12H2;1H. The number of nitrogens with two attached hydrogens (primary N) is 1. The van der Waals surface area contributed by atoms with Gasteiger partial charge < -0.3 is 5.73 Å². The molecule has 0 atom stereocenters. The maximum absolute atomic E-state index is 11.9. The van der Waals surface area contributed by atoms with Crippen LogP contribution in [0.3, 0.4) is 0 Å². The van der Waals surface area contributed by atoms with Gasteiger partial charge in [0.2, 0.25) is 10.0 Å². The normalized spacial score (nSPS) is 17.7. The Balaban J connectivity index is 0.00000162. The monoisotopic (exact) mass is 355 g/mol. The molecule has 18 heavy (non-hydrogen) atoms. The van der Waals surface area contributed by atoms with Crippen LogP contribution in [0.2, 0.25) is 0 Å². The first kappa shape index (κ1) is 15.8. The van der Waals surface area contributed by atoms with Gasteiger partial charge in [0.25, 0.3) is 0 Å². The summed E-state index contributed by atoms with van der Waals surface area (Å²) in [7, 11) is -3.51. The van der Waals surface area contributed by atoms with Gasteiger partial charge in [-0.15, -0.1) is 12.4 Å². The van der Waals surface area contributed by atoms with Gasteiger partial charge in [0.05, 0.1) is 0 Å². The highest BCUT2D eigenvalue weighted by atomic mass is 79.9. The molecule has 1 aliphatic rings. The lowest BCUT2D eigenvalue weighted by atomic mass is 9.78. The summed E-state index contributed by atoms with van der Waals surface area (Å²) in [5, 5.41) is 0. The third kappa shape index (κ3) is 3.64. The second kappa shape index (κ2) is 5.83. The van der Waals surface area contributed by atoms with Crippen LogP contribution in [-0.2, 0) is 10.0 Å². The molecular formula is C10H15BrClN3O2S. The molecule has 8 heteroatoms. The predicted octanol–water partition coefficient (Wildman–Crippen LogP) is 1.43. The van der Waals surface area contributed by atoms with Gasteiger partial charge in [0.15, 0.2) is 0 Å². The van der Waals surface area contributed by atoms with E-state index in [1.165, 1.54) is 18.5 Å². The van der Waals surface area contributed by atoms with Crippen LogP contribution in [0.25, 0.3) is 0 Å². The van der Waals surface area contributed by atoms with Gasteiger partial charge in [-0.25, -0.2) is 13.1 Å². The van der Waals surface area contributed by atoms with Crippen molar-refractivity contribution in [2.24, 2.45) is 5.73 Å². The fourth-order valence-electron chi connectivity index (χ4n) is 1.67. The molecule has 0 saturated heterocycles. The van der Waals surface area contributed by atoms with E-state index in [0.29, 0.717) is 4.47 Å². The molecule has 1 saturated carbocycles. The molecule has 5 nitrogen and oxygen atoms in total. The van der Waals surface area contributed by atoms with Crippen molar-refractivity contribution in [2.75, 3.05) is 6.54 Å². The van der Waals surface area contributed by atoms with Gasteiger partial charge in [-0.3, -0.25) is 4.98 Å². The van der Waals surface area contributed by atoms with E-state index in [1.807, 2.05) is 0 Å². The Morgan fingerprint density at radius 1 is 1.44 bits per heavy atom. The van der Waals surface area contributed by atoms with Crippen molar-refractivity contribution in [3.63, 3.8) is 0 Å². The Bertz CT molecular complexity index is 520. The molecule has 0 radical (unpaired) electrons. The number of nitrogens with zero attached hydrogens (tertiary/aromatic N) is 1. The zero-order chi connectivity index (χ0) is 12.5. The lowest BCUT2D eigenvalue weighted by molar-refractivity contribution is 0.251. The zero-order valence-electron chi connectivity index (χ0n) is 9.60. The molecule has 102 valence electrons.